The van der Waals surface area contributed by atoms with E-state index in [4.69, 9.17) is 4.42 Å². The molecule has 0 saturated heterocycles. The molecule has 1 heterocycles. The summed E-state index contributed by atoms with van der Waals surface area (Å²) in [6.45, 7) is 0. The Morgan fingerprint density at radius 1 is 0.931 bits per heavy atom. The van der Waals surface area contributed by atoms with Crippen molar-refractivity contribution in [3.05, 3.63) is 89.3 Å². The monoisotopic (exact) mass is 401 g/mol. The highest BCUT2D eigenvalue weighted by atomic mass is 19.4. The number of halogens is 3. The number of nitrogens with one attached hydrogen (secondary N) is 1. The fourth-order valence-electron chi connectivity index (χ4n) is 2.49. The second kappa shape index (κ2) is 8.05. The minimum Gasteiger partial charge on any atom is -0.477 e. The Bertz CT molecular complexity index is 1050. The Kier molecular flexibility index (Phi) is 5.54. The van der Waals surface area contributed by atoms with Crippen LogP contribution in [0.25, 0.3) is 17.4 Å². The maximum Gasteiger partial charge on any atom is 0.416 e. The third kappa shape index (κ3) is 4.92. The molecule has 0 aliphatic rings. The molecule has 29 heavy (non-hydrogen) atoms. The van der Waals surface area contributed by atoms with Gasteiger partial charge in [0, 0.05) is 17.2 Å². The summed E-state index contributed by atoms with van der Waals surface area (Å²) in [7, 11) is 0. The summed E-state index contributed by atoms with van der Waals surface area (Å²) in [5.41, 5.74) is -0.524. The van der Waals surface area contributed by atoms with E-state index in [0.29, 0.717) is 5.56 Å². The van der Waals surface area contributed by atoms with Crippen molar-refractivity contribution in [1.82, 2.24) is 5.32 Å². The molecule has 148 valence electrons. The summed E-state index contributed by atoms with van der Waals surface area (Å²) in [4.78, 5) is 23.6. The van der Waals surface area contributed by atoms with E-state index < -0.39 is 29.3 Å². The van der Waals surface area contributed by atoms with Gasteiger partial charge in [-0.2, -0.15) is 13.2 Å². The van der Waals surface area contributed by atoms with Crippen LogP contribution in [-0.2, 0) is 11.0 Å². The number of rotatable bonds is 5. The molecule has 3 rings (SSSR count). The first-order valence-corrected chi connectivity index (χ1v) is 8.33. The number of carboxylic acids is 1. The molecule has 8 heteroatoms. The Morgan fingerprint density at radius 3 is 2.17 bits per heavy atom. The van der Waals surface area contributed by atoms with Crippen LogP contribution < -0.4 is 5.32 Å². The van der Waals surface area contributed by atoms with Gasteiger partial charge in [0.2, 0.25) is 0 Å². The molecule has 0 atom stereocenters. The third-order valence-corrected chi connectivity index (χ3v) is 3.92. The molecule has 1 amide bonds. The van der Waals surface area contributed by atoms with Crippen LogP contribution in [0.3, 0.4) is 0 Å². The molecule has 0 spiro atoms. The lowest BCUT2D eigenvalue weighted by atomic mass is 10.1. The van der Waals surface area contributed by atoms with Gasteiger partial charge in [-0.05, 0) is 36.4 Å². The molecular formula is C21H14F3NO4. The van der Waals surface area contributed by atoms with Crippen LogP contribution in [0.15, 0.2) is 76.8 Å². The van der Waals surface area contributed by atoms with Crippen LogP contribution in [0.5, 0.6) is 0 Å². The second-order valence-corrected chi connectivity index (χ2v) is 5.96. The van der Waals surface area contributed by atoms with Crippen LogP contribution >= 0.6 is 0 Å². The van der Waals surface area contributed by atoms with Gasteiger partial charge in [-0.15, -0.1) is 0 Å². The van der Waals surface area contributed by atoms with Crippen LogP contribution in [0.1, 0.15) is 21.7 Å². The number of hydrogen-bond donors (Lipinski definition) is 2. The summed E-state index contributed by atoms with van der Waals surface area (Å²) < 4.78 is 43.4. The highest BCUT2D eigenvalue weighted by Crippen LogP contribution is 2.31. The van der Waals surface area contributed by atoms with Crippen molar-refractivity contribution in [2.75, 3.05) is 0 Å². The standard InChI is InChI=1S/C21H14F3NO4/c22-21(23,24)15-8-6-13(7-9-15)18-11-10-16(29-18)12-17(20(27)28)25-19(26)14-4-2-1-3-5-14/h1-12H,(H,25,26)(H,27,28)/b17-12-. The van der Waals surface area contributed by atoms with Crippen LogP contribution in [0, 0.1) is 0 Å². The molecule has 0 fully saturated rings. The summed E-state index contributed by atoms with van der Waals surface area (Å²) >= 11 is 0. The van der Waals surface area contributed by atoms with E-state index >= 15 is 0 Å². The summed E-state index contributed by atoms with van der Waals surface area (Å²) in [6, 6.07) is 15.4. The van der Waals surface area contributed by atoms with Crippen molar-refractivity contribution < 1.29 is 32.3 Å². The van der Waals surface area contributed by atoms with E-state index in [1.54, 1.807) is 18.2 Å². The van der Waals surface area contributed by atoms with Crippen molar-refractivity contribution in [1.29, 1.82) is 0 Å². The zero-order chi connectivity index (χ0) is 21.0. The van der Waals surface area contributed by atoms with Gasteiger partial charge in [-0.3, -0.25) is 4.79 Å². The van der Waals surface area contributed by atoms with Gasteiger partial charge < -0.3 is 14.8 Å². The van der Waals surface area contributed by atoms with E-state index in [1.165, 1.54) is 36.4 Å². The summed E-state index contributed by atoms with van der Waals surface area (Å²) in [6.07, 6.45) is -3.32. The summed E-state index contributed by atoms with van der Waals surface area (Å²) in [5, 5.41) is 11.6. The van der Waals surface area contributed by atoms with Crippen molar-refractivity contribution >= 4 is 18.0 Å². The van der Waals surface area contributed by atoms with Gasteiger partial charge >= 0.3 is 12.1 Å². The number of benzene rings is 2. The summed E-state index contributed by atoms with van der Waals surface area (Å²) in [5.74, 6) is -1.61. The van der Waals surface area contributed by atoms with E-state index in [1.807, 2.05) is 0 Å². The van der Waals surface area contributed by atoms with Crippen LogP contribution in [0.2, 0.25) is 0 Å². The SMILES string of the molecule is O=C(O)/C(=C/c1ccc(-c2ccc(C(F)(F)F)cc2)o1)NC(=O)c1ccccc1. The number of aliphatic carboxylic acids is 1. The Morgan fingerprint density at radius 2 is 1.59 bits per heavy atom. The lowest BCUT2D eigenvalue weighted by molar-refractivity contribution is -0.137. The normalized spacial score (nSPS) is 11.9. The Labute approximate surface area is 163 Å². The molecule has 0 aliphatic carbocycles. The highest BCUT2D eigenvalue weighted by molar-refractivity contribution is 6.02. The number of carbonyl (C=O) groups excluding carboxylic acids is 1. The van der Waals surface area contributed by atoms with Gasteiger partial charge in [0.25, 0.3) is 5.91 Å². The van der Waals surface area contributed by atoms with E-state index in [-0.39, 0.29) is 17.1 Å². The fraction of sp³-hybridized carbons (Fsp3) is 0.0476. The van der Waals surface area contributed by atoms with Crippen molar-refractivity contribution in [3.8, 4) is 11.3 Å². The van der Waals surface area contributed by atoms with Crippen LogP contribution in [-0.4, -0.2) is 17.0 Å². The first-order chi connectivity index (χ1) is 13.7. The first kappa shape index (κ1) is 19.9. The average molecular weight is 401 g/mol. The number of amides is 1. The van der Waals surface area contributed by atoms with E-state index in [2.05, 4.69) is 5.32 Å². The molecule has 1 aromatic heterocycles. The highest BCUT2D eigenvalue weighted by Gasteiger charge is 2.30. The van der Waals surface area contributed by atoms with Crippen LogP contribution in [0.4, 0.5) is 13.2 Å². The zero-order valence-electron chi connectivity index (χ0n) is 14.7. The molecule has 0 aliphatic heterocycles. The second-order valence-electron chi connectivity index (χ2n) is 5.96. The van der Waals surface area contributed by atoms with Gasteiger partial charge in [-0.25, -0.2) is 4.79 Å². The molecule has 3 aromatic rings. The van der Waals surface area contributed by atoms with E-state index in [9.17, 15) is 27.9 Å². The minimum atomic E-state index is -4.44. The smallest absolute Gasteiger partial charge is 0.416 e. The molecule has 0 saturated carbocycles. The molecule has 0 bridgehead atoms. The molecule has 5 nitrogen and oxygen atoms in total. The topological polar surface area (TPSA) is 79.5 Å². The number of carboxylic acid groups (broad SMARTS) is 1. The molecule has 0 radical (unpaired) electrons. The van der Waals surface area contributed by atoms with Crippen molar-refractivity contribution in [2.24, 2.45) is 0 Å². The Hall–Kier alpha value is -3.81. The molecule has 2 N–H and O–H groups in total. The predicted molar refractivity (Wildman–Crippen MR) is 98.7 cm³/mol. The molecule has 0 unspecified atom stereocenters. The lowest BCUT2D eigenvalue weighted by Crippen LogP contribution is -2.27. The first-order valence-electron chi connectivity index (χ1n) is 8.33. The fourth-order valence-corrected chi connectivity index (χ4v) is 2.49. The lowest BCUT2D eigenvalue weighted by Gasteiger charge is -2.06. The van der Waals surface area contributed by atoms with Gasteiger partial charge in [-0.1, -0.05) is 30.3 Å². The number of carbonyl (C=O) groups is 2. The molecule has 2 aromatic carbocycles. The van der Waals surface area contributed by atoms with Gasteiger partial charge in [0.05, 0.1) is 5.56 Å². The average Bonchev–Trinajstić information content (AvgIpc) is 3.16. The zero-order valence-corrected chi connectivity index (χ0v) is 14.7. The third-order valence-electron chi connectivity index (χ3n) is 3.92. The maximum absolute atomic E-state index is 12.7. The number of hydrogen-bond acceptors (Lipinski definition) is 3. The largest absolute Gasteiger partial charge is 0.477 e. The maximum atomic E-state index is 12.7. The van der Waals surface area contributed by atoms with Crippen molar-refractivity contribution in [3.63, 3.8) is 0 Å². The van der Waals surface area contributed by atoms with E-state index in [0.717, 1.165) is 18.2 Å². The quantitative estimate of drug-likeness (QED) is 0.601. The number of furan rings is 1. The minimum absolute atomic E-state index is 0.116. The number of alkyl halides is 3. The predicted octanol–water partition coefficient (Wildman–Crippen LogP) is 4.82. The van der Waals surface area contributed by atoms with Gasteiger partial charge in [0.15, 0.2) is 0 Å². The Balaban J connectivity index is 1.81. The van der Waals surface area contributed by atoms with Crippen molar-refractivity contribution in [2.45, 2.75) is 6.18 Å². The molecular weight excluding hydrogens is 387 g/mol. The van der Waals surface area contributed by atoms with Gasteiger partial charge in [0.1, 0.15) is 17.2 Å².